The Morgan fingerprint density at radius 1 is 0.566 bits per heavy atom. The Balaban J connectivity index is 1.13. The van der Waals surface area contributed by atoms with Crippen molar-refractivity contribution in [2.24, 2.45) is 22.9 Å². The zero-order chi connectivity index (χ0) is 106. The number of primary amides is 2. The number of unbranched alkanes of at least 4 members (excludes halogenated alkanes) is 13. The normalized spacial score (nSPS) is 18.4. The average Bonchev–Trinajstić information content (AvgIpc) is 1.67. The van der Waals surface area contributed by atoms with Crippen molar-refractivity contribution in [3.63, 3.8) is 0 Å². The van der Waals surface area contributed by atoms with Gasteiger partial charge in [0.25, 0.3) is 0 Å². The van der Waals surface area contributed by atoms with Crippen LogP contribution >= 0.6 is 0 Å². The Labute approximate surface area is 838 Å². The van der Waals surface area contributed by atoms with Crippen LogP contribution in [0.2, 0.25) is 0 Å². The fourth-order valence-electron chi connectivity index (χ4n) is 16.1. The molecule has 2 aliphatic rings. The molecular formula is C93H146N26O26. The first-order chi connectivity index (χ1) is 69.5. The number of carboxylic acids is 2. The maximum Gasteiger partial charge on any atom is 0.317 e. The van der Waals surface area contributed by atoms with Gasteiger partial charge in [-0.3, -0.25) is 101 Å². The Kier molecular flexibility index (Phi) is 55.8. The molecule has 52 nitrogen and oxygen atoms in total. The number of nitrogens with zero attached hydrogens (tertiary/aromatic N) is 5. The first-order valence-electron chi connectivity index (χ1n) is 49.3. The van der Waals surface area contributed by atoms with Crippen molar-refractivity contribution in [3.8, 4) is 0 Å². The van der Waals surface area contributed by atoms with Gasteiger partial charge in [-0.05, 0) is 98.4 Å². The predicted molar refractivity (Wildman–Crippen MR) is 519 cm³/mol. The number of hydrogen-bond acceptors (Lipinski definition) is 31. The molecule has 0 radical (unpaired) electrons. The third-order valence-corrected chi connectivity index (χ3v) is 23.9. The lowest BCUT2D eigenvalue weighted by atomic mass is 10.0. The second-order valence-corrected chi connectivity index (χ2v) is 35.7. The first-order valence-corrected chi connectivity index (χ1v) is 49.3. The summed E-state index contributed by atoms with van der Waals surface area (Å²) in [6.07, 6.45) is 12.1. The summed E-state index contributed by atoms with van der Waals surface area (Å²) in [5, 5.41) is 104. The van der Waals surface area contributed by atoms with Crippen LogP contribution in [0.15, 0.2) is 60.8 Å². The third kappa shape index (κ3) is 47.4. The van der Waals surface area contributed by atoms with Gasteiger partial charge in [0.2, 0.25) is 100 Å². The van der Waals surface area contributed by atoms with E-state index in [1.54, 1.807) is 67.7 Å². The fraction of sp³-hybridized carbons (Fsp3) is 0.634. The molecule has 6 rings (SSSR count). The molecule has 0 saturated carbocycles. The molecule has 0 aliphatic carbocycles. The van der Waals surface area contributed by atoms with Crippen LogP contribution in [0.1, 0.15) is 197 Å². The number of tetrazole rings is 1. The zero-order valence-corrected chi connectivity index (χ0v) is 82.0. The third-order valence-electron chi connectivity index (χ3n) is 23.9. The van der Waals surface area contributed by atoms with E-state index >= 15 is 19.2 Å². The number of ether oxygens (including phenoxy) is 2. The highest BCUT2D eigenvalue weighted by atomic mass is 16.5. The number of aromatic nitrogens is 5. The van der Waals surface area contributed by atoms with Crippen molar-refractivity contribution in [1.82, 2.24) is 115 Å². The minimum atomic E-state index is -2.15. The number of aromatic amines is 2. The molecule has 2 saturated heterocycles. The van der Waals surface area contributed by atoms with Gasteiger partial charge < -0.3 is 142 Å². The highest BCUT2D eigenvalue weighted by Crippen LogP contribution is 2.24. The number of aryl methyl sites for hydroxylation is 1. The molecule has 4 aromatic rings. The fourth-order valence-corrected chi connectivity index (χ4v) is 16.1. The number of amides is 17. The minimum Gasteiger partial charge on any atom is -0.480 e. The van der Waals surface area contributed by atoms with Crippen LogP contribution in [0.4, 0.5) is 0 Å². The molecule has 0 spiro atoms. The molecule has 2 aromatic carbocycles. The molecule has 1 unspecified atom stereocenters. The second-order valence-electron chi connectivity index (χ2n) is 35.7. The van der Waals surface area contributed by atoms with E-state index in [4.69, 9.17) is 32.4 Å². The molecule has 2 aliphatic heterocycles. The summed E-state index contributed by atoms with van der Waals surface area (Å²) in [7, 11) is 0. The molecule has 4 heterocycles. The van der Waals surface area contributed by atoms with Crippen LogP contribution in [-0.2, 0) is 120 Å². The van der Waals surface area contributed by atoms with E-state index in [0.29, 0.717) is 39.8 Å². The van der Waals surface area contributed by atoms with E-state index < -0.39 is 277 Å². The number of hydrogen-bond donors (Lipinski definition) is 26. The molecule has 0 bridgehead atoms. The summed E-state index contributed by atoms with van der Waals surface area (Å²) in [5.41, 5.74) is 24.6. The van der Waals surface area contributed by atoms with Gasteiger partial charge in [-0.25, -0.2) is 5.10 Å². The van der Waals surface area contributed by atoms with Gasteiger partial charge >= 0.3 is 11.9 Å². The Morgan fingerprint density at radius 3 is 1.79 bits per heavy atom. The number of carbonyl (C=O) groups excluding carboxylic acids is 17. The van der Waals surface area contributed by atoms with Crippen LogP contribution in [0, 0.1) is 0 Å². The van der Waals surface area contributed by atoms with Gasteiger partial charge in [0.05, 0.1) is 65.3 Å². The quantitative estimate of drug-likeness (QED) is 0.0144. The number of H-pyrrole nitrogens is 2. The lowest BCUT2D eigenvalue weighted by Gasteiger charge is -2.31. The Hall–Kier alpha value is -13.4. The van der Waals surface area contributed by atoms with E-state index in [-0.39, 0.29) is 103 Å². The number of aliphatic hydroxyl groups is 3. The summed E-state index contributed by atoms with van der Waals surface area (Å²) in [6.45, 7) is -6.23. The maximum absolute atomic E-state index is 15.5. The number of para-hydroxylation sites is 1. The number of rotatable bonds is 63. The standard InChI is InChI=1S/C93H146N26O26/c1-2-3-28-63(83(134)109-66-35-37-76(125)98-38-23-22-30-62(82(95)133)105-87(138)68(45-58-47-101-61-29-21-20-27-60(58)61)110-84(135)64(31-24-39-100-93(96)97)106-86(137)67(44-57-25-16-15-17-26-57)111-91(142)72-46-59(122)50-119(72)92(66)143)107-88(139)69(48-102-78(127)51-118(52-80(129)130)53-81(131)132)112-90(141)71(55-121)113-85(136)65(34-36-73(94)123)108-89(140)70(54-120)104-77(126)49-103-79(128)56-145-43-42-144-41-40-99-75(124)33-19-14-12-10-8-6-4-5-7-9-11-13-18-32-74-114-116-117-115-74/h15-17,20-21,25-27,29,47,59,62-72,93,100-101,120-122H,2-14,18-19,22-24,28,30-46,48-56,96-97H2,1H3,(H2,94,123)(H2,95,133)(H,98,125)(H,99,124)(H,102,127)(H,103,128)(H,104,126)(H,105,138)(H,106,137)(H,107,139)(H,108,140)(H,109,134)(H,110,135)(H,111,142)(H,112,141)(H,113,136)(H,129,130)(H,131,132)(H,114,115,116,117)/t59-,62+,63+,64+,65+,66+,67-,68+,69+,70+,71+,72?/m1/s1. The van der Waals surface area contributed by atoms with E-state index in [0.717, 1.165) is 55.7 Å². The molecular weight excluding hydrogens is 1900 g/mol. The SMILES string of the molecule is CCCC[C@H](NC(=O)[C@H](CNC(=O)CN(CC(=O)O)CC(=O)O)NC(=O)[C@H](CO)NC(=O)[C@H](CCC(N)=O)NC(=O)[C@H](CO)NC(=O)CNC(=O)COCCOCCNC(=O)CCCCCCCCCCCCCCCc1nnn[nH]1)C(=O)N[C@H]1CCC(=O)NCCCC[C@@H](C(N)=O)NC(=O)[C@H](Cc2c[nH]c3ccccc23)NC(=O)[C@H](CCCNC(N)N)NC(=O)[C@@H](Cc2ccccc2)NC(=O)C2C[C@@H](O)CN2C1=O. The lowest BCUT2D eigenvalue weighted by molar-refractivity contribution is -0.143. The lowest BCUT2D eigenvalue weighted by Crippen LogP contribution is -2.62. The van der Waals surface area contributed by atoms with E-state index in [2.05, 4.69) is 105 Å². The molecule has 30 N–H and O–H groups in total. The van der Waals surface area contributed by atoms with Crippen molar-refractivity contribution >= 4 is 123 Å². The number of aliphatic carboxylic acids is 2. The van der Waals surface area contributed by atoms with Crippen LogP contribution in [0.3, 0.4) is 0 Å². The molecule has 2 fully saturated rings. The van der Waals surface area contributed by atoms with Crippen molar-refractivity contribution in [2.75, 3.05) is 98.5 Å². The van der Waals surface area contributed by atoms with Crippen molar-refractivity contribution in [1.29, 1.82) is 0 Å². The van der Waals surface area contributed by atoms with Gasteiger partial charge in [0, 0.05) is 88.2 Å². The summed E-state index contributed by atoms with van der Waals surface area (Å²) < 4.78 is 10.8. The summed E-state index contributed by atoms with van der Waals surface area (Å²) in [6, 6.07) is -3.76. The van der Waals surface area contributed by atoms with Crippen molar-refractivity contribution < 1.29 is 126 Å². The number of carboxylic acid groups (broad SMARTS) is 2. The molecule has 52 heteroatoms. The van der Waals surface area contributed by atoms with Gasteiger partial charge in [-0.15, -0.1) is 5.10 Å². The molecule has 804 valence electrons. The van der Waals surface area contributed by atoms with Gasteiger partial charge in [0.1, 0.15) is 85.2 Å². The largest absolute Gasteiger partial charge is 0.480 e. The molecule has 145 heavy (non-hydrogen) atoms. The smallest absolute Gasteiger partial charge is 0.317 e. The Morgan fingerprint density at radius 2 is 1.15 bits per heavy atom. The maximum atomic E-state index is 15.5. The van der Waals surface area contributed by atoms with Crippen LogP contribution in [0.5, 0.6) is 0 Å². The van der Waals surface area contributed by atoms with Gasteiger partial charge in [0.15, 0.2) is 0 Å². The summed E-state index contributed by atoms with van der Waals surface area (Å²) >= 11 is 0. The predicted octanol–water partition coefficient (Wildman–Crippen LogP) is -6.59. The molecule has 2 aromatic heterocycles. The summed E-state index contributed by atoms with van der Waals surface area (Å²) in [5.74, 6) is -19.5. The first kappa shape index (κ1) is 120. The summed E-state index contributed by atoms with van der Waals surface area (Å²) in [4.78, 5) is 267. The molecule has 12 atom stereocenters. The number of nitrogens with two attached hydrogens (primary N) is 4. The number of nitrogens with one attached hydrogen (secondary N) is 17. The van der Waals surface area contributed by atoms with Crippen LogP contribution in [-0.4, -0.2) is 351 Å². The van der Waals surface area contributed by atoms with Gasteiger partial charge in [-0.2, -0.15) is 0 Å². The molecule has 17 amide bonds. The Bertz CT molecular complexity index is 4790. The highest BCUT2D eigenvalue weighted by molar-refractivity contribution is 6.01. The second kappa shape index (κ2) is 67.3. The number of benzene rings is 2. The zero-order valence-electron chi connectivity index (χ0n) is 82.0. The highest BCUT2D eigenvalue weighted by Gasteiger charge is 2.45. The monoisotopic (exact) mass is 2040 g/mol. The van der Waals surface area contributed by atoms with E-state index in [1.807, 2.05) is 0 Å². The van der Waals surface area contributed by atoms with Crippen LogP contribution in [0.25, 0.3) is 10.9 Å². The topological polar surface area (TPSA) is 805 Å². The van der Waals surface area contributed by atoms with Gasteiger partial charge in [-0.1, -0.05) is 139 Å². The number of carbonyl (C=O) groups is 19. The minimum absolute atomic E-state index is 0.0466. The number of fused-ring (bicyclic) bond motifs is 2. The van der Waals surface area contributed by atoms with Crippen LogP contribution < -0.4 is 103 Å². The average molecular weight is 2040 g/mol. The van der Waals surface area contributed by atoms with Crippen molar-refractivity contribution in [2.45, 2.75) is 278 Å². The van der Waals surface area contributed by atoms with Crippen molar-refractivity contribution in [3.05, 3.63) is 77.7 Å². The number of aliphatic hydroxyl groups excluding tert-OH is 3. The van der Waals surface area contributed by atoms with E-state index in [9.17, 15) is 97.5 Å². The van der Waals surface area contributed by atoms with E-state index in [1.165, 1.54) is 44.9 Å².